The molecule has 0 N–H and O–H groups in total. The van der Waals surface area contributed by atoms with Gasteiger partial charge in [0, 0.05) is 0 Å². The maximum Gasteiger partial charge on any atom is 0.0832 e. The third kappa shape index (κ3) is 4.81. The standard InChI is InChI=1S/C23H28Si/c1-2-3-6-13-20-17-21(16-19-11-7-4-8-12-19)23(18-20)24-22-14-9-5-10-15-22/h4-5,7-12,14-15,17H,2-3,6,13,16,18,24H2,1H3. The van der Waals surface area contributed by atoms with Crippen molar-refractivity contribution in [1.29, 1.82) is 0 Å². The number of benzene rings is 2. The molecule has 0 atom stereocenters. The third-order valence-corrected chi connectivity index (χ3v) is 6.88. The Labute approximate surface area is 149 Å². The van der Waals surface area contributed by atoms with Gasteiger partial charge in [0.15, 0.2) is 0 Å². The van der Waals surface area contributed by atoms with Gasteiger partial charge >= 0.3 is 0 Å². The molecule has 1 aliphatic rings. The smallest absolute Gasteiger partial charge is 0.0752 e. The van der Waals surface area contributed by atoms with E-state index in [0.29, 0.717) is 0 Å². The molecule has 1 aliphatic carbocycles. The van der Waals surface area contributed by atoms with Gasteiger partial charge in [-0.15, -0.1) is 0 Å². The van der Waals surface area contributed by atoms with Crippen LogP contribution in [0.2, 0.25) is 0 Å². The van der Waals surface area contributed by atoms with Gasteiger partial charge in [-0.1, -0.05) is 102 Å². The van der Waals surface area contributed by atoms with Gasteiger partial charge < -0.3 is 0 Å². The van der Waals surface area contributed by atoms with Crippen LogP contribution in [-0.2, 0) is 6.42 Å². The van der Waals surface area contributed by atoms with Gasteiger partial charge in [-0.2, -0.15) is 0 Å². The maximum absolute atomic E-state index is 2.54. The van der Waals surface area contributed by atoms with Crippen molar-refractivity contribution < 1.29 is 0 Å². The minimum Gasteiger partial charge on any atom is -0.0752 e. The summed E-state index contributed by atoms with van der Waals surface area (Å²) in [6.07, 6.45) is 10.2. The van der Waals surface area contributed by atoms with Crippen LogP contribution in [0.4, 0.5) is 0 Å². The molecule has 124 valence electrons. The molecule has 0 heterocycles. The van der Waals surface area contributed by atoms with Crippen LogP contribution in [0.15, 0.2) is 83.1 Å². The Bertz CT molecular complexity index is 695. The highest BCUT2D eigenvalue weighted by molar-refractivity contribution is 6.61. The molecule has 2 aromatic carbocycles. The Hall–Kier alpha value is -1.86. The summed E-state index contributed by atoms with van der Waals surface area (Å²) in [7, 11) is -0.331. The molecule has 0 radical (unpaired) electrons. The van der Waals surface area contributed by atoms with Crippen LogP contribution in [0.3, 0.4) is 0 Å². The van der Waals surface area contributed by atoms with E-state index in [0.717, 1.165) is 6.42 Å². The normalized spacial score (nSPS) is 14.6. The van der Waals surface area contributed by atoms with E-state index in [9.17, 15) is 0 Å². The van der Waals surface area contributed by atoms with Gasteiger partial charge in [-0.05, 0) is 36.8 Å². The van der Waals surface area contributed by atoms with Crippen molar-refractivity contribution in [2.75, 3.05) is 0 Å². The minimum atomic E-state index is -0.331. The molecule has 1 heteroatoms. The van der Waals surface area contributed by atoms with Crippen molar-refractivity contribution in [2.45, 2.75) is 45.4 Å². The summed E-state index contributed by atoms with van der Waals surface area (Å²) in [5.41, 5.74) is 4.73. The predicted octanol–water partition coefficient (Wildman–Crippen LogP) is 4.89. The minimum absolute atomic E-state index is 0.331. The number of unbranched alkanes of at least 4 members (excludes halogenated alkanes) is 2. The molecule has 0 fully saturated rings. The number of hydrogen-bond donors (Lipinski definition) is 0. The van der Waals surface area contributed by atoms with Gasteiger partial charge in [0.1, 0.15) is 0 Å². The first-order valence-corrected chi connectivity index (χ1v) is 10.7. The Morgan fingerprint density at radius 3 is 2.29 bits per heavy atom. The second kappa shape index (κ2) is 8.84. The second-order valence-corrected chi connectivity index (χ2v) is 8.91. The lowest BCUT2D eigenvalue weighted by atomic mass is 10.1. The summed E-state index contributed by atoms with van der Waals surface area (Å²) in [6.45, 7) is 2.29. The summed E-state index contributed by atoms with van der Waals surface area (Å²) in [5, 5.41) is 3.33. The van der Waals surface area contributed by atoms with Crippen molar-refractivity contribution >= 4 is 14.7 Å². The molecular weight excluding hydrogens is 304 g/mol. The van der Waals surface area contributed by atoms with Crippen molar-refractivity contribution in [3.63, 3.8) is 0 Å². The van der Waals surface area contributed by atoms with Crippen molar-refractivity contribution in [3.8, 4) is 0 Å². The van der Waals surface area contributed by atoms with Crippen LogP contribution < -0.4 is 5.19 Å². The van der Waals surface area contributed by atoms with Gasteiger partial charge in [-0.3, -0.25) is 0 Å². The summed E-state index contributed by atoms with van der Waals surface area (Å²) in [6, 6.07) is 22.1. The molecule has 0 saturated carbocycles. The van der Waals surface area contributed by atoms with E-state index in [2.05, 4.69) is 73.7 Å². The van der Waals surface area contributed by atoms with Crippen molar-refractivity contribution in [1.82, 2.24) is 0 Å². The second-order valence-electron chi connectivity index (χ2n) is 6.89. The molecule has 0 bridgehead atoms. The fourth-order valence-electron chi connectivity index (χ4n) is 3.56. The lowest BCUT2D eigenvalue weighted by Gasteiger charge is -2.08. The molecule has 0 unspecified atom stereocenters. The summed E-state index contributed by atoms with van der Waals surface area (Å²) < 4.78 is 0. The maximum atomic E-state index is 2.54. The van der Waals surface area contributed by atoms with Crippen LogP contribution in [0.25, 0.3) is 0 Å². The summed E-state index contributed by atoms with van der Waals surface area (Å²) in [5.74, 6) is 0. The van der Waals surface area contributed by atoms with E-state index in [1.165, 1.54) is 37.7 Å². The average molecular weight is 333 g/mol. The number of rotatable bonds is 8. The Kier molecular flexibility index (Phi) is 6.25. The van der Waals surface area contributed by atoms with Crippen LogP contribution in [0.1, 0.15) is 44.6 Å². The molecule has 0 aromatic heterocycles. The largest absolute Gasteiger partial charge is 0.0832 e. The first kappa shape index (κ1) is 17.0. The summed E-state index contributed by atoms with van der Waals surface area (Å²) >= 11 is 0. The number of hydrogen-bond acceptors (Lipinski definition) is 0. The molecular formula is C23H28Si. The molecule has 0 saturated heterocycles. The summed E-state index contributed by atoms with van der Waals surface area (Å²) in [4.78, 5) is 0. The highest BCUT2D eigenvalue weighted by atomic mass is 28.2. The zero-order valence-electron chi connectivity index (χ0n) is 14.8. The highest BCUT2D eigenvalue weighted by Crippen LogP contribution is 2.30. The molecule has 0 amide bonds. The number of allylic oxidation sites excluding steroid dienone is 4. The molecule has 0 nitrogen and oxygen atoms in total. The lowest BCUT2D eigenvalue weighted by molar-refractivity contribution is 0.708. The molecule has 3 rings (SSSR count). The molecule has 0 spiro atoms. The quantitative estimate of drug-likeness (QED) is 0.477. The topological polar surface area (TPSA) is 0 Å². The first-order valence-electron chi connectivity index (χ1n) is 9.33. The Balaban J connectivity index is 1.75. The van der Waals surface area contributed by atoms with Gasteiger partial charge in [0.25, 0.3) is 0 Å². The van der Waals surface area contributed by atoms with Gasteiger partial charge in [-0.25, -0.2) is 0 Å². The monoisotopic (exact) mass is 332 g/mol. The van der Waals surface area contributed by atoms with Gasteiger partial charge in [0.05, 0.1) is 9.52 Å². The Morgan fingerprint density at radius 1 is 0.875 bits per heavy atom. The lowest BCUT2D eigenvalue weighted by Crippen LogP contribution is -2.16. The molecule has 2 aromatic rings. The average Bonchev–Trinajstić information content (AvgIpc) is 2.98. The first-order chi connectivity index (χ1) is 11.8. The zero-order chi connectivity index (χ0) is 16.6. The van der Waals surface area contributed by atoms with E-state index >= 15 is 0 Å². The SMILES string of the molecule is CCCCCC1=CC(Cc2ccccc2)=C([SiH2]c2ccccc2)C1. The van der Waals surface area contributed by atoms with E-state index < -0.39 is 0 Å². The van der Waals surface area contributed by atoms with Crippen LogP contribution in [-0.4, -0.2) is 9.52 Å². The van der Waals surface area contributed by atoms with E-state index in [-0.39, 0.29) is 9.52 Å². The van der Waals surface area contributed by atoms with Crippen molar-refractivity contribution in [2.24, 2.45) is 0 Å². The van der Waals surface area contributed by atoms with E-state index in [1.54, 1.807) is 21.5 Å². The fourth-order valence-corrected chi connectivity index (χ4v) is 5.46. The van der Waals surface area contributed by atoms with E-state index in [1.807, 2.05) is 0 Å². The van der Waals surface area contributed by atoms with Gasteiger partial charge in [0.2, 0.25) is 0 Å². The van der Waals surface area contributed by atoms with Crippen LogP contribution >= 0.6 is 0 Å². The van der Waals surface area contributed by atoms with E-state index in [4.69, 9.17) is 0 Å². The fraction of sp³-hybridized carbons (Fsp3) is 0.304. The Morgan fingerprint density at radius 2 is 1.58 bits per heavy atom. The van der Waals surface area contributed by atoms with Crippen LogP contribution in [0, 0.1) is 0 Å². The highest BCUT2D eigenvalue weighted by Gasteiger charge is 2.16. The molecule has 24 heavy (non-hydrogen) atoms. The van der Waals surface area contributed by atoms with Crippen molar-refractivity contribution in [3.05, 3.63) is 88.6 Å². The predicted molar refractivity (Wildman–Crippen MR) is 109 cm³/mol. The third-order valence-electron chi connectivity index (χ3n) is 4.87. The van der Waals surface area contributed by atoms with Crippen LogP contribution in [0.5, 0.6) is 0 Å². The zero-order valence-corrected chi connectivity index (χ0v) is 16.2. The molecule has 0 aliphatic heterocycles.